The van der Waals surface area contributed by atoms with Crippen molar-refractivity contribution >= 4 is 33.0 Å². The number of ether oxygens (including phenoxy) is 2. The van der Waals surface area contributed by atoms with Crippen molar-refractivity contribution in [3.8, 4) is 11.5 Å². The maximum atomic E-state index is 13.2. The molecule has 1 aliphatic carbocycles. The molecule has 0 saturated carbocycles. The van der Waals surface area contributed by atoms with Gasteiger partial charge in [0.2, 0.25) is 0 Å². The Kier molecular flexibility index (Phi) is 6.04. The van der Waals surface area contributed by atoms with E-state index in [0.717, 1.165) is 54.1 Å². The third-order valence-electron chi connectivity index (χ3n) is 6.31. The van der Waals surface area contributed by atoms with Crippen LogP contribution in [0.2, 0.25) is 5.02 Å². The van der Waals surface area contributed by atoms with Gasteiger partial charge in [-0.2, -0.15) is 0 Å². The molecule has 178 valence electrons. The van der Waals surface area contributed by atoms with Crippen molar-refractivity contribution in [2.24, 2.45) is 0 Å². The van der Waals surface area contributed by atoms with Gasteiger partial charge in [0, 0.05) is 23.3 Å². The number of anilines is 2. The molecule has 1 N–H and O–H groups in total. The van der Waals surface area contributed by atoms with Crippen LogP contribution in [0.5, 0.6) is 11.5 Å². The number of nitrogens with zero attached hydrogens (tertiary/aromatic N) is 2. The van der Waals surface area contributed by atoms with E-state index in [9.17, 15) is 8.42 Å². The Labute approximate surface area is 204 Å². The highest BCUT2D eigenvalue weighted by atomic mass is 35.5. The molecule has 0 saturated heterocycles. The number of pyridine rings is 1. The first-order valence-corrected chi connectivity index (χ1v) is 13.1. The van der Waals surface area contributed by atoms with Crippen molar-refractivity contribution in [1.29, 1.82) is 0 Å². The van der Waals surface area contributed by atoms with E-state index in [0.29, 0.717) is 28.6 Å². The van der Waals surface area contributed by atoms with Crippen LogP contribution in [0.15, 0.2) is 47.5 Å². The molecular formula is C25H26ClN3O4S. The van der Waals surface area contributed by atoms with E-state index in [1.165, 1.54) is 6.07 Å². The van der Waals surface area contributed by atoms with Gasteiger partial charge in [-0.05, 0) is 61.6 Å². The number of aromatic nitrogens is 1. The summed E-state index contributed by atoms with van der Waals surface area (Å²) in [5, 5.41) is 0.395. The van der Waals surface area contributed by atoms with Gasteiger partial charge in [-0.1, -0.05) is 23.7 Å². The van der Waals surface area contributed by atoms with Crippen molar-refractivity contribution < 1.29 is 17.9 Å². The fourth-order valence-corrected chi connectivity index (χ4v) is 5.99. The van der Waals surface area contributed by atoms with Gasteiger partial charge in [0.1, 0.15) is 30.4 Å². The first-order chi connectivity index (χ1) is 16.3. The largest absolute Gasteiger partial charge is 0.490 e. The lowest BCUT2D eigenvalue weighted by Crippen LogP contribution is -2.28. The molecule has 2 aliphatic rings. The number of nitrogens with one attached hydrogen (secondary N) is 1. The van der Waals surface area contributed by atoms with Gasteiger partial charge in [0.25, 0.3) is 10.0 Å². The topological polar surface area (TPSA) is 80.8 Å². The highest BCUT2D eigenvalue weighted by Crippen LogP contribution is 2.38. The molecule has 0 unspecified atom stereocenters. The molecule has 34 heavy (non-hydrogen) atoms. The average molecular weight is 500 g/mol. The summed E-state index contributed by atoms with van der Waals surface area (Å²) >= 11 is 6.17. The molecule has 0 amide bonds. The monoisotopic (exact) mass is 499 g/mol. The third-order valence-corrected chi connectivity index (χ3v) is 8.23. The van der Waals surface area contributed by atoms with Gasteiger partial charge >= 0.3 is 0 Å². The summed E-state index contributed by atoms with van der Waals surface area (Å²) in [6, 6.07) is 10.8. The zero-order chi connectivity index (χ0) is 23.9. The van der Waals surface area contributed by atoms with Crippen LogP contribution in [0, 0.1) is 6.92 Å². The van der Waals surface area contributed by atoms with Crippen molar-refractivity contribution in [2.75, 3.05) is 29.8 Å². The molecule has 7 nitrogen and oxygen atoms in total. The number of hydrogen-bond donors (Lipinski definition) is 1. The second kappa shape index (κ2) is 9.00. The lowest BCUT2D eigenvalue weighted by molar-refractivity contribution is 0.297. The van der Waals surface area contributed by atoms with Crippen LogP contribution in [-0.2, 0) is 29.5 Å². The fraction of sp³-hybridized carbons (Fsp3) is 0.320. The molecule has 0 spiro atoms. The molecule has 1 aromatic heterocycles. The number of likely N-dealkylation sites (N-methyl/N-ethyl adjacent to an activating group) is 1. The lowest BCUT2D eigenvalue weighted by Gasteiger charge is -2.28. The Hall–Kier alpha value is -2.97. The molecule has 2 heterocycles. The van der Waals surface area contributed by atoms with Crippen molar-refractivity contribution in [3.63, 3.8) is 0 Å². The quantitative estimate of drug-likeness (QED) is 0.527. The summed E-state index contributed by atoms with van der Waals surface area (Å²) < 4.78 is 41.2. The fourth-order valence-electron chi connectivity index (χ4n) is 4.44. The average Bonchev–Trinajstić information content (AvgIpc) is 3.29. The first-order valence-electron chi connectivity index (χ1n) is 11.2. The Balaban J connectivity index is 1.45. The SMILES string of the molecule is Cc1c(Cl)cccc1S(=O)(=O)Nc1cnc2c(c1OCc1ccc3c(c1)OCCN3C)CCC2. The van der Waals surface area contributed by atoms with E-state index in [-0.39, 0.29) is 11.5 Å². The maximum Gasteiger partial charge on any atom is 0.262 e. The van der Waals surface area contributed by atoms with Gasteiger partial charge < -0.3 is 14.4 Å². The van der Waals surface area contributed by atoms with Crippen LogP contribution in [-0.4, -0.2) is 33.6 Å². The molecule has 0 atom stereocenters. The van der Waals surface area contributed by atoms with Crippen LogP contribution in [0.4, 0.5) is 11.4 Å². The second-order valence-corrected chi connectivity index (χ2v) is 10.7. The smallest absolute Gasteiger partial charge is 0.262 e. The molecular weight excluding hydrogens is 474 g/mol. The number of sulfonamides is 1. The number of aryl methyl sites for hydroxylation is 1. The normalized spacial score (nSPS) is 14.9. The number of fused-ring (bicyclic) bond motifs is 2. The van der Waals surface area contributed by atoms with Crippen LogP contribution in [0.25, 0.3) is 0 Å². The van der Waals surface area contributed by atoms with E-state index < -0.39 is 10.0 Å². The maximum absolute atomic E-state index is 13.2. The lowest BCUT2D eigenvalue weighted by atomic mass is 10.1. The second-order valence-electron chi connectivity index (χ2n) is 8.61. The molecule has 3 aromatic rings. The van der Waals surface area contributed by atoms with Crippen molar-refractivity contribution in [1.82, 2.24) is 4.98 Å². The van der Waals surface area contributed by atoms with Crippen LogP contribution < -0.4 is 19.1 Å². The molecule has 9 heteroatoms. The van der Waals surface area contributed by atoms with Gasteiger partial charge in [0.15, 0.2) is 0 Å². The third kappa shape index (κ3) is 4.28. The Morgan fingerprint density at radius 1 is 1.24 bits per heavy atom. The van der Waals surface area contributed by atoms with Crippen molar-refractivity contribution in [3.05, 3.63) is 70.0 Å². The van der Waals surface area contributed by atoms with Crippen LogP contribution in [0.3, 0.4) is 0 Å². The summed E-state index contributed by atoms with van der Waals surface area (Å²) in [6.07, 6.45) is 4.15. The van der Waals surface area contributed by atoms with Gasteiger partial charge in [-0.25, -0.2) is 8.42 Å². The van der Waals surface area contributed by atoms with Gasteiger partial charge in [-0.3, -0.25) is 9.71 Å². The zero-order valence-electron chi connectivity index (χ0n) is 19.1. The van der Waals surface area contributed by atoms with E-state index in [4.69, 9.17) is 21.1 Å². The summed E-state index contributed by atoms with van der Waals surface area (Å²) in [7, 11) is -1.85. The molecule has 1 aliphatic heterocycles. The highest BCUT2D eigenvalue weighted by Gasteiger charge is 2.25. The first kappa shape index (κ1) is 22.8. The zero-order valence-corrected chi connectivity index (χ0v) is 20.7. The number of benzene rings is 2. The number of rotatable bonds is 6. The minimum absolute atomic E-state index is 0.127. The predicted octanol–water partition coefficient (Wildman–Crippen LogP) is 4.74. The number of halogens is 1. The van der Waals surface area contributed by atoms with E-state index in [1.54, 1.807) is 25.3 Å². The summed E-state index contributed by atoms with van der Waals surface area (Å²) in [5.41, 5.74) is 4.72. The van der Waals surface area contributed by atoms with E-state index >= 15 is 0 Å². The number of hydrogen-bond acceptors (Lipinski definition) is 6. The summed E-state index contributed by atoms with van der Waals surface area (Å²) in [6.45, 7) is 3.45. The van der Waals surface area contributed by atoms with Crippen molar-refractivity contribution in [2.45, 2.75) is 37.7 Å². The van der Waals surface area contributed by atoms with E-state index in [2.05, 4.69) is 14.6 Å². The molecule has 0 radical (unpaired) electrons. The molecule has 5 rings (SSSR count). The van der Waals surface area contributed by atoms with E-state index in [1.807, 2.05) is 25.2 Å². The summed E-state index contributed by atoms with van der Waals surface area (Å²) in [4.78, 5) is 6.78. The Bertz CT molecular complexity index is 1360. The minimum Gasteiger partial charge on any atom is -0.490 e. The van der Waals surface area contributed by atoms with Crippen LogP contribution >= 0.6 is 11.6 Å². The van der Waals surface area contributed by atoms with Crippen LogP contribution in [0.1, 0.15) is 28.8 Å². The molecule has 0 fully saturated rings. The van der Waals surface area contributed by atoms with Gasteiger partial charge in [-0.15, -0.1) is 0 Å². The Morgan fingerprint density at radius 2 is 2.09 bits per heavy atom. The predicted molar refractivity (Wildman–Crippen MR) is 133 cm³/mol. The highest BCUT2D eigenvalue weighted by molar-refractivity contribution is 7.92. The molecule has 0 bridgehead atoms. The summed E-state index contributed by atoms with van der Waals surface area (Å²) in [5.74, 6) is 1.36. The minimum atomic E-state index is -3.89. The Morgan fingerprint density at radius 3 is 2.94 bits per heavy atom. The molecule has 2 aromatic carbocycles. The standard InChI is InChI=1S/C25H26ClN3O4S/c1-16-19(26)6-4-8-24(16)34(30,31)28-21-14-27-20-7-3-5-18(20)25(21)33-15-17-9-10-22-23(13-17)32-12-11-29(22)2/h4,6,8-10,13-14,28H,3,5,7,11-12,15H2,1-2H3. The van der Waals surface area contributed by atoms with Gasteiger partial charge in [0.05, 0.1) is 23.3 Å².